The normalized spacial score (nSPS) is 14.6. The topological polar surface area (TPSA) is 78.0 Å². The van der Waals surface area contributed by atoms with Gasteiger partial charge in [0.05, 0.1) is 6.33 Å². The number of aliphatic hydroxyl groups is 1. The Labute approximate surface area is 88.6 Å². The van der Waals surface area contributed by atoms with Gasteiger partial charge in [-0.1, -0.05) is 6.92 Å². The van der Waals surface area contributed by atoms with Gasteiger partial charge in [-0.3, -0.25) is 4.79 Å². The van der Waals surface area contributed by atoms with Gasteiger partial charge in [0.2, 0.25) is 0 Å². The molecule has 1 aromatic rings. The maximum atomic E-state index is 11.0. The number of aliphatic hydroxyl groups excluding tert-OH is 1. The summed E-state index contributed by atoms with van der Waals surface area (Å²) >= 11 is 0. The van der Waals surface area contributed by atoms with Crippen LogP contribution in [0, 0.1) is 0 Å². The Morgan fingerprint density at radius 2 is 2.40 bits per heavy atom. The van der Waals surface area contributed by atoms with Gasteiger partial charge in [0.25, 0.3) is 5.56 Å². The molecule has 1 heterocycles. The molecule has 0 radical (unpaired) electrons. The van der Waals surface area contributed by atoms with E-state index in [9.17, 15) is 4.79 Å². The van der Waals surface area contributed by atoms with Crippen molar-refractivity contribution in [2.75, 3.05) is 11.9 Å². The summed E-state index contributed by atoms with van der Waals surface area (Å²) in [6.07, 6.45) is 2.83. The lowest BCUT2D eigenvalue weighted by molar-refractivity contribution is 0.252. The monoisotopic (exact) mass is 211 g/mol. The van der Waals surface area contributed by atoms with Crippen molar-refractivity contribution in [2.24, 2.45) is 0 Å². The summed E-state index contributed by atoms with van der Waals surface area (Å²) in [5, 5.41) is 12.1. The second-order valence-corrected chi connectivity index (χ2v) is 3.81. The van der Waals surface area contributed by atoms with Crippen molar-refractivity contribution in [1.82, 2.24) is 9.97 Å². The first kappa shape index (κ1) is 11.7. The maximum Gasteiger partial charge on any atom is 0.252 e. The lowest BCUT2D eigenvalue weighted by Gasteiger charge is -2.29. The Morgan fingerprint density at radius 3 is 2.93 bits per heavy atom. The Bertz CT molecular complexity index is 364. The third-order valence-corrected chi connectivity index (χ3v) is 2.55. The van der Waals surface area contributed by atoms with Gasteiger partial charge in [-0.05, 0) is 19.8 Å². The van der Waals surface area contributed by atoms with Crippen molar-refractivity contribution in [2.45, 2.75) is 32.2 Å². The van der Waals surface area contributed by atoms with E-state index in [0.29, 0.717) is 12.2 Å². The number of rotatable bonds is 5. The van der Waals surface area contributed by atoms with E-state index in [-0.39, 0.29) is 17.7 Å². The van der Waals surface area contributed by atoms with Crippen LogP contribution in [0.4, 0.5) is 5.82 Å². The third kappa shape index (κ3) is 3.36. The number of aromatic amines is 1. The predicted octanol–water partition coefficient (Wildman–Crippen LogP) is 0.733. The van der Waals surface area contributed by atoms with Crippen LogP contribution in [-0.4, -0.2) is 27.2 Å². The first-order valence-electron chi connectivity index (χ1n) is 5.03. The number of nitrogens with one attached hydrogen (secondary N) is 2. The van der Waals surface area contributed by atoms with E-state index in [4.69, 9.17) is 5.11 Å². The molecule has 84 valence electrons. The van der Waals surface area contributed by atoms with Crippen LogP contribution < -0.4 is 10.9 Å². The second-order valence-electron chi connectivity index (χ2n) is 3.81. The average molecular weight is 211 g/mol. The van der Waals surface area contributed by atoms with Crippen molar-refractivity contribution in [1.29, 1.82) is 0 Å². The largest absolute Gasteiger partial charge is 0.396 e. The van der Waals surface area contributed by atoms with Gasteiger partial charge in [0.15, 0.2) is 0 Å². The summed E-state index contributed by atoms with van der Waals surface area (Å²) in [5.74, 6) is 0.538. The van der Waals surface area contributed by atoms with Crippen LogP contribution >= 0.6 is 0 Å². The van der Waals surface area contributed by atoms with Crippen molar-refractivity contribution < 1.29 is 5.11 Å². The zero-order valence-corrected chi connectivity index (χ0v) is 9.08. The number of H-pyrrole nitrogens is 1. The fourth-order valence-electron chi connectivity index (χ4n) is 1.32. The van der Waals surface area contributed by atoms with Crippen LogP contribution in [-0.2, 0) is 0 Å². The quantitative estimate of drug-likeness (QED) is 0.671. The molecule has 0 aliphatic carbocycles. The zero-order valence-electron chi connectivity index (χ0n) is 9.08. The van der Waals surface area contributed by atoms with E-state index >= 15 is 0 Å². The molecule has 1 aromatic heterocycles. The lowest BCUT2D eigenvalue weighted by Crippen LogP contribution is -2.35. The van der Waals surface area contributed by atoms with Crippen LogP contribution in [0.3, 0.4) is 0 Å². The predicted molar refractivity (Wildman–Crippen MR) is 58.9 cm³/mol. The summed E-state index contributed by atoms with van der Waals surface area (Å²) in [6, 6.07) is 1.41. The SMILES string of the molecule is CCC(C)(CCO)Nc1cc(=O)[nH]cn1. The summed E-state index contributed by atoms with van der Waals surface area (Å²) in [5.41, 5.74) is -0.412. The average Bonchev–Trinajstić information content (AvgIpc) is 2.18. The molecule has 1 rings (SSSR count). The van der Waals surface area contributed by atoms with Gasteiger partial charge < -0.3 is 15.4 Å². The van der Waals surface area contributed by atoms with Gasteiger partial charge in [0.1, 0.15) is 5.82 Å². The van der Waals surface area contributed by atoms with Crippen LogP contribution in [0.15, 0.2) is 17.2 Å². The highest BCUT2D eigenvalue weighted by Gasteiger charge is 2.21. The minimum atomic E-state index is -0.227. The molecule has 0 amide bonds. The van der Waals surface area contributed by atoms with Gasteiger partial charge in [-0.25, -0.2) is 4.98 Å². The van der Waals surface area contributed by atoms with Gasteiger partial charge >= 0.3 is 0 Å². The van der Waals surface area contributed by atoms with Crippen LogP contribution in [0.2, 0.25) is 0 Å². The van der Waals surface area contributed by atoms with Crippen LogP contribution in [0.1, 0.15) is 26.7 Å². The van der Waals surface area contributed by atoms with E-state index in [1.165, 1.54) is 12.4 Å². The van der Waals surface area contributed by atoms with Crippen molar-refractivity contribution >= 4 is 5.82 Å². The molecule has 0 saturated heterocycles. The van der Waals surface area contributed by atoms with Gasteiger partial charge in [0, 0.05) is 18.2 Å². The molecule has 1 atom stereocenters. The van der Waals surface area contributed by atoms with Crippen molar-refractivity contribution in [3.63, 3.8) is 0 Å². The molecular weight excluding hydrogens is 194 g/mol. The first-order chi connectivity index (χ1) is 7.09. The molecule has 5 heteroatoms. The van der Waals surface area contributed by atoms with Crippen molar-refractivity contribution in [3.8, 4) is 0 Å². The minimum Gasteiger partial charge on any atom is -0.396 e. The van der Waals surface area contributed by atoms with E-state index < -0.39 is 0 Å². The molecule has 0 bridgehead atoms. The molecule has 15 heavy (non-hydrogen) atoms. The zero-order chi connectivity index (χ0) is 11.3. The van der Waals surface area contributed by atoms with Gasteiger partial charge in [-0.15, -0.1) is 0 Å². The number of anilines is 1. The molecule has 0 saturated carbocycles. The number of hydrogen-bond acceptors (Lipinski definition) is 4. The summed E-state index contributed by atoms with van der Waals surface area (Å²) in [4.78, 5) is 17.5. The summed E-state index contributed by atoms with van der Waals surface area (Å²) in [7, 11) is 0. The Morgan fingerprint density at radius 1 is 1.67 bits per heavy atom. The molecule has 0 aliphatic rings. The third-order valence-electron chi connectivity index (χ3n) is 2.55. The molecule has 1 unspecified atom stereocenters. The molecule has 0 aromatic carbocycles. The van der Waals surface area contributed by atoms with Crippen LogP contribution in [0.5, 0.6) is 0 Å². The fraction of sp³-hybridized carbons (Fsp3) is 0.600. The Hall–Kier alpha value is -1.36. The lowest BCUT2D eigenvalue weighted by atomic mass is 9.95. The Kier molecular flexibility index (Phi) is 3.85. The number of hydrogen-bond donors (Lipinski definition) is 3. The summed E-state index contributed by atoms with van der Waals surface area (Å²) in [6.45, 7) is 4.13. The molecule has 3 N–H and O–H groups in total. The smallest absolute Gasteiger partial charge is 0.252 e. The summed E-state index contributed by atoms with van der Waals surface area (Å²) < 4.78 is 0. The molecule has 0 spiro atoms. The maximum absolute atomic E-state index is 11.0. The molecule has 0 fully saturated rings. The van der Waals surface area contributed by atoms with E-state index in [0.717, 1.165) is 6.42 Å². The Balaban J connectivity index is 2.79. The molecule has 5 nitrogen and oxygen atoms in total. The highest BCUT2D eigenvalue weighted by Crippen LogP contribution is 2.18. The standard InChI is InChI=1S/C10H17N3O2/c1-3-10(2,4-5-14)13-8-6-9(15)12-7-11-8/h6-7,14H,3-5H2,1-2H3,(H2,11,12,13,15). The minimum absolute atomic E-state index is 0.112. The van der Waals surface area contributed by atoms with E-state index in [1.54, 1.807) is 0 Å². The number of nitrogens with zero attached hydrogens (tertiary/aromatic N) is 1. The van der Waals surface area contributed by atoms with Crippen molar-refractivity contribution in [3.05, 3.63) is 22.7 Å². The molecular formula is C10H17N3O2. The van der Waals surface area contributed by atoms with E-state index in [2.05, 4.69) is 15.3 Å². The molecule has 0 aliphatic heterocycles. The highest BCUT2D eigenvalue weighted by atomic mass is 16.3. The first-order valence-corrected chi connectivity index (χ1v) is 5.03. The number of aromatic nitrogens is 2. The van der Waals surface area contributed by atoms with E-state index in [1.807, 2.05) is 13.8 Å². The van der Waals surface area contributed by atoms with Crippen LogP contribution in [0.25, 0.3) is 0 Å². The fourth-order valence-corrected chi connectivity index (χ4v) is 1.32. The highest BCUT2D eigenvalue weighted by molar-refractivity contribution is 5.35. The second kappa shape index (κ2) is 4.93. The van der Waals surface area contributed by atoms with Gasteiger partial charge in [-0.2, -0.15) is 0 Å².